The van der Waals surface area contributed by atoms with Crippen molar-refractivity contribution < 1.29 is 21.5 Å². The highest BCUT2D eigenvalue weighted by Crippen LogP contribution is 2.55. The molecule has 14 aromatic carbocycles. The highest BCUT2D eigenvalue weighted by molar-refractivity contribution is 6.13. The number of quaternary nitrogens is 1. The summed E-state index contributed by atoms with van der Waals surface area (Å²) in [6, 6.07) is 98.1. The van der Waals surface area contributed by atoms with E-state index in [1.165, 1.54) is 199 Å². The Balaban J connectivity index is 0.0000102. The van der Waals surface area contributed by atoms with E-state index in [-0.39, 0.29) is 60.3 Å². The van der Waals surface area contributed by atoms with Crippen LogP contribution in [0.5, 0.6) is 0 Å². The molecule has 0 saturated heterocycles. The molecular formula is C112H120BrN. The van der Waals surface area contributed by atoms with E-state index >= 15 is 0 Å². The zero-order valence-electron chi connectivity index (χ0n) is 72.7. The maximum absolute atomic E-state index is 2.62. The van der Waals surface area contributed by atoms with Crippen LogP contribution in [0.2, 0.25) is 0 Å². The monoisotopic (exact) mass is 1560 g/mol. The molecule has 0 bridgehead atoms. The summed E-state index contributed by atoms with van der Waals surface area (Å²) in [6.07, 6.45) is 0. The molecule has 580 valence electrons. The minimum absolute atomic E-state index is 0. The Bertz CT molecular complexity index is 5490. The van der Waals surface area contributed by atoms with Crippen molar-refractivity contribution >= 4 is 43.1 Å². The normalized spacial score (nSPS) is 14.2. The van der Waals surface area contributed by atoms with Crippen LogP contribution in [0.15, 0.2) is 243 Å². The van der Waals surface area contributed by atoms with Gasteiger partial charge in [-0.25, -0.2) is 0 Å². The van der Waals surface area contributed by atoms with E-state index in [9.17, 15) is 0 Å². The van der Waals surface area contributed by atoms with E-state index in [1.807, 2.05) is 0 Å². The highest BCUT2D eigenvalue weighted by Gasteiger charge is 2.43. The zero-order chi connectivity index (χ0) is 80.4. The van der Waals surface area contributed by atoms with E-state index in [1.54, 1.807) is 0 Å². The van der Waals surface area contributed by atoms with Crippen LogP contribution in [0, 0.1) is 0 Å². The van der Waals surface area contributed by atoms with Gasteiger partial charge < -0.3 is 21.5 Å². The summed E-state index contributed by atoms with van der Waals surface area (Å²) in [5, 5.41) is 10.2. The molecule has 0 N–H and O–H groups in total. The van der Waals surface area contributed by atoms with Crippen LogP contribution in [-0.2, 0) is 69.5 Å². The second kappa shape index (κ2) is 28.2. The summed E-state index contributed by atoms with van der Waals surface area (Å²) in [6.45, 7) is 60.3. The molecule has 1 nitrogen and oxygen atoms in total. The average Bonchev–Trinajstić information content (AvgIpc) is 1.51. The van der Waals surface area contributed by atoms with Crippen molar-refractivity contribution in [1.29, 1.82) is 0 Å². The average molecular weight is 1560 g/mol. The number of hydrogen-bond donors (Lipinski definition) is 0. The van der Waals surface area contributed by atoms with Crippen LogP contribution in [0.3, 0.4) is 0 Å². The van der Waals surface area contributed by atoms with Crippen molar-refractivity contribution in [3.63, 3.8) is 0 Å². The zero-order valence-corrected chi connectivity index (χ0v) is 74.3. The van der Waals surface area contributed by atoms with Crippen LogP contribution < -0.4 is 17.0 Å². The lowest BCUT2D eigenvalue weighted by atomic mass is 9.77. The molecule has 0 saturated carbocycles. The molecule has 2 heteroatoms. The lowest BCUT2D eigenvalue weighted by Gasteiger charge is -2.39. The number of rotatable bonds is 6. The molecular weight excluding hydrogens is 1440 g/mol. The third-order valence-electron chi connectivity index (χ3n) is 25.3. The number of benzene rings is 14. The minimum Gasteiger partial charge on any atom is -1.00 e. The summed E-state index contributed by atoms with van der Waals surface area (Å²) in [5.41, 5.74) is 36.1. The molecule has 0 atom stereocenters. The number of halogens is 1. The first-order valence-electron chi connectivity index (χ1n) is 41.9. The number of nitrogens with zero attached hydrogens (tertiary/aromatic N) is 1. The van der Waals surface area contributed by atoms with Gasteiger partial charge in [0.15, 0.2) is 0 Å². The smallest absolute Gasteiger partial charge is 0.106 e. The molecule has 0 aromatic heterocycles. The Kier molecular flexibility index (Phi) is 19.7. The van der Waals surface area contributed by atoms with Crippen LogP contribution in [0.4, 0.5) is 0 Å². The van der Waals surface area contributed by atoms with Crippen LogP contribution in [-0.4, -0.2) is 4.48 Å². The molecule has 0 amide bonds. The Morgan fingerprint density at radius 2 is 0.404 bits per heavy atom. The topological polar surface area (TPSA) is 0 Å². The Morgan fingerprint density at radius 3 is 0.649 bits per heavy atom. The summed E-state index contributed by atoms with van der Waals surface area (Å²) >= 11 is 0. The predicted octanol–water partition coefficient (Wildman–Crippen LogP) is 28.6. The van der Waals surface area contributed by atoms with Gasteiger partial charge in [0, 0.05) is 33.4 Å². The van der Waals surface area contributed by atoms with Gasteiger partial charge in [-0.3, -0.25) is 0 Å². The van der Waals surface area contributed by atoms with Gasteiger partial charge in [-0.2, -0.15) is 0 Å². The van der Waals surface area contributed by atoms with E-state index in [2.05, 4.69) is 409 Å². The Labute approximate surface area is 693 Å². The molecule has 0 aliphatic carbocycles. The van der Waals surface area contributed by atoms with Gasteiger partial charge in [0.05, 0.1) is 0 Å². The fraction of sp³-hybridized carbons (Fsp3) is 0.321. The lowest BCUT2D eigenvalue weighted by molar-refractivity contribution is -0.977. The van der Waals surface area contributed by atoms with Crippen molar-refractivity contribution in [3.8, 4) is 89.0 Å². The first-order valence-corrected chi connectivity index (χ1v) is 41.9. The Morgan fingerprint density at radius 1 is 0.193 bits per heavy atom. The first-order chi connectivity index (χ1) is 52.9. The highest BCUT2D eigenvalue weighted by atomic mass is 79.9. The third-order valence-corrected chi connectivity index (χ3v) is 25.3. The van der Waals surface area contributed by atoms with E-state index in [0.29, 0.717) is 0 Å². The second-order valence-electron chi connectivity index (χ2n) is 42.4. The van der Waals surface area contributed by atoms with Crippen molar-refractivity contribution in [1.82, 2.24) is 0 Å². The fourth-order valence-electron chi connectivity index (χ4n) is 18.3. The van der Waals surface area contributed by atoms with Crippen LogP contribution in [0.1, 0.15) is 233 Å². The third kappa shape index (κ3) is 15.1. The van der Waals surface area contributed by atoms with Gasteiger partial charge >= 0.3 is 0 Å². The molecule has 114 heavy (non-hydrogen) atoms. The van der Waals surface area contributed by atoms with Gasteiger partial charge in [-0.15, -0.1) is 0 Å². The summed E-state index contributed by atoms with van der Waals surface area (Å²) < 4.78 is 0.753. The van der Waals surface area contributed by atoms with Gasteiger partial charge in [-0.1, -0.05) is 360 Å². The standard InChI is InChI=1S/C112H120N.BrH/c1-105(2,3)85-51-79(52-86(61-85)106(4,5)6)75-45-76(80-53-87(107(7,8)9)62-88(54-80)108(10,11)12)48-83(47-75)97-59-71-35-27-31-39-95(71)103-99(97)67-113(65-73-43-41-69-33-25-29-37-93(69)101(73)102-74(66-113)44-42-70-34-26-30-38-94(70)102)68-100-98(60-72-36-28-32-40-96(72)104(100)103)84-49-77(81-55-89(109(13,14)15)63-90(56-81)110(16,17)18)46-78(50-84)82-57-91(111(19,20)21)64-92(58-82)112(22,23)24;/h25-64H,65-68H2,1-24H3;1H/q+1;/p-1. The van der Waals surface area contributed by atoms with Gasteiger partial charge in [0.2, 0.25) is 0 Å². The summed E-state index contributed by atoms with van der Waals surface area (Å²) in [7, 11) is 0. The number of fused-ring (bicyclic) bond motifs is 14. The van der Waals surface area contributed by atoms with E-state index in [0.717, 1.165) is 30.7 Å². The molecule has 1 spiro atoms. The molecule has 0 fully saturated rings. The van der Waals surface area contributed by atoms with Crippen LogP contribution >= 0.6 is 0 Å². The Hall–Kier alpha value is -9.44. The molecule has 14 aromatic rings. The minimum atomic E-state index is -0.0896. The lowest BCUT2D eigenvalue weighted by Crippen LogP contribution is -3.00. The van der Waals surface area contributed by atoms with Gasteiger partial charge in [-0.05, 0) is 257 Å². The quantitative estimate of drug-likeness (QED) is 0.146. The maximum Gasteiger partial charge on any atom is 0.106 e. The largest absolute Gasteiger partial charge is 1.00 e. The second-order valence-corrected chi connectivity index (χ2v) is 42.4. The summed E-state index contributed by atoms with van der Waals surface area (Å²) in [4.78, 5) is 0. The molecule has 16 rings (SSSR count). The molecule has 0 unspecified atom stereocenters. The van der Waals surface area contributed by atoms with Crippen molar-refractivity contribution in [2.24, 2.45) is 0 Å². The molecule has 2 aliphatic rings. The van der Waals surface area contributed by atoms with E-state index in [4.69, 9.17) is 0 Å². The molecule has 0 radical (unpaired) electrons. The van der Waals surface area contributed by atoms with Gasteiger partial charge in [0.25, 0.3) is 0 Å². The van der Waals surface area contributed by atoms with Crippen molar-refractivity contribution in [3.05, 3.63) is 309 Å². The van der Waals surface area contributed by atoms with Crippen LogP contribution in [0.25, 0.3) is 132 Å². The van der Waals surface area contributed by atoms with E-state index < -0.39 is 0 Å². The maximum atomic E-state index is 2.62. The van der Waals surface area contributed by atoms with Crippen molar-refractivity contribution in [2.45, 2.75) is 236 Å². The predicted molar refractivity (Wildman–Crippen MR) is 491 cm³/mol. The SMILES string of the molecule is CC(C)(C)c1cc(-c2cc(-c3cc(C(C)(C)C)cc(C(C)(C)C)c3)cc(-c3cc4ccccc4c4c3C[N+]3(Cc5ccc6ccccc6c5-c5c(ccc6ccccc56)C3)Cc3c(-c5cc(-c6cc(C(C)(C)C)cc(C(C)(C)C)c6)cc(-c6cc(C(C)(C)C)cc(C(C)(C)C)c6)c5)cc5ccccc5c3-4)c2)cc(C(C)(C)C)c1.[Br-]. The van der Waals surface area contributed by atoms with Gasteiger partial charge in [0.1, 0.15) is 26.2 Å². The first kappa shape index (κ1) is 79.8. The molecule has 2 aliphatic heterocycles. The fourth-order valence-corrected chi connectivity index (χ4v) is 18.3. The molecule has 2 heterocycles. The summed E-state index contributed by atoms with van der Waals surface area (Å²) in [5.74, 6) is 0. The number of hydrogen-bond acceptors (Lipinski definition) is 0. The van der Waals surface area contributed by atoms with Crippen molar-refractivity contribution in [2.75, 3.05) is 0 Å².